The van der Waals surface area contributed by atoms with E-state index in [1.807, 2.05) is 24.3 Å². The molecule has 0 spiro atoms. The molecule has 12 heteroatoms. The minimum Gasteiger partial charge on any atom is -0.350 e. The van der Waals surface area contributed by atoms with E-state index >= 15 is 0 Å². The number of carbonyl (C=O) groups is 1. The number of aryl methyl sites for hydroxylation is 1. The lowest BCUT2D eigenvalue weighted by atomic mass is 10.0. The number of ether oxygens (including phenoxy) is 2. The first-order valence-electron chi connectivity index (χ1n) is 12.5. The highest BCUT2D eigenvalue weighted by molar-refractivity contribution is 7.89. The zero-order valence-electron chi connectivity index (χ0n) is 21.1. The molecule has 3 heterocycles. The third kappa shape index (κ3) is 6.09. The maximum Gasteiger partial charge on any atom is 0.241 e. The Balaban J connectivity index is 1.24. The predicted octanol–water partition coefficient (Wildman–Crippen LogP) is 2.41. The number of aromatic nitrogens is 3. The standard InChI is InChI=1S/C26H30FN5O5S/c1-19-26(33)30(17-24-18-31(29-28-24)11-10-25-36-13-14-37-25)12-15-38(34,35)32(19)16-20-2-4-21(5-3-20)22-6-8-23(27)9-7-22/h2-9,18-19,25H,10-17H2,1H3. The zero-order valence-corrected chi connectivity index (χ0v) is 21.9. The second-order valence-electron chi connectivity index (χ2n) is 9.43. The molecule has 2 aliphatic heterocycles. The molecule has 2 aliphatic rings. The van der Waals surface area contributed by atoms with Gasteiger partial charge in [-0.15, -0.1) is 5.10 Å². The van der Waals surface area contributed by atoms with Crippen LogP contribution in [0.25, 0.3) is 11.1 Å². The topological polar surface area (TPSA) is 107 Å². The van der Waals surface area contributed by atoms with Crippen LogP contribution in [0, 0.1) is 5.82 Å². The van der Waals surface area contributed by atoms with Gasteiger partial charge in [0.2, 0.25) is 15.9 Å². The van der Waals surface area contributed by atoms with E-state index in [4.69, 9.17) is 9.47 Å². The third-order valence-corrected chi connectivity index (χ3v) is 8.63. The molecule has 5 rings (SSSR count). The van der Waals surface area contributed by atoms with E-state index in [0.29, 0.717) is 31.9 Å². The molecule has 202 valence electrons. The summed E-state index contributed by atoms with van der Waals surface area (Å²) in [6.07, 6.45) is 2.15. The zero-order chi connectivity index (χ0) is 26.7. The number of nitrogens with zero attached hydrogens (tertiary/aromatic N) is 5. The summed E-state index contributed by atoms with van der Waals surface area (Å²) >= 11 is 0. The lowest BCUT2D eigenvalue weighted by Crippen LogP contribution is -2.45. The lowest BCUT2D eigenvalue weighted by Gasteiger charge is -2.26. The van der Waals surface area contributed by atoms with E-state index in [9.17, 15) is 17.6 Å². The molecular formula is C26H30FN5O5S. The fraction of sp³-hybridized carbons (Fsp3) is 0.423. The summed E-state index contributed by atoms with van der Waals surface area (Å²) < 4.78 is 53.3. The van der Waals surface area contributed by atoms with E-state index in [1.165, 1.54) is 21.3 Å². The van der Waals surface area contributed by atoms with E-state index in [-0.39, 0.29) is 43.4 Å². The molecule has 38 heavy (non-hydrogen) atoms. The Hall–Kier alpha value is -3.19. The molecule has 1 amide bonds. The number of hydrogen-bond donors (Lipinski definition) is 0. The van der Waals surface area contributed by atoms with Gasteiger partial charge in [0.05, 0.1) is 31.7 Å². The van der Waals surface area contributed by atoms with Crippen molar-refractivity contribution >= 4 is 15.9 Å². The fourth-order valence-electron chi connectivity index (χ4n) is 4.63. The molecule has 10 nitrogen and oxygen atoms in total. The number of sulfonamides is 1. The Morgan fingerprint density at radius 1 is 1.00 bits per heavy atom. The predicted molar refractivity (Wildman–Crippen MR) is 136 cm³/mol. The monoisotopic (exact) mass is 543 g/mol. The summed E-state index contributed by atoms with van der Waals surface area (Å²) in [7, 11) is -3.69. The third-order valence-electron chi connectivity index (χ3n) is 6.77. The average Bonchev–Trinajstić information content (AvgIpc) is 3.59. The number of benzene rings is 2. The highest BCUT2D eigenvalue weighted by atomic mass is 32.2. The van der Waals surface area contributed by atoms with Gasteiger partial charge in [-0.05, 0) is 35.7 Å². The van der Waals surface area contributed by atoms with Crippen molar-refractivity contribution in [3.8, 4) is 11.1 Å². The van der Waals surface area contributed by atoms with Gasteiger partial charge in [0.15, 0.2) is 6.29 Å². The second kappa shape index (κ2) is 11.3. The Morgan fingerprint density at radius 2 is 1.66 bits per heavy atom. The largest absolute Gasteiger partial charge is 0.350 e. The van der Waals surface area contributed by atoms with Crippen molar-refractivity contribution < 1.29 is 27.1 Å². The molecule has 0 bridgehead atoms. The van der Waals surface area contributed by atoms with Crippen molar-refractivity contribution in [2.45, 2.75) is 45.3 Å². The molecule has 0 saturated carbocycles. The van der Waals surface area contributed by atoms with Crippen LogP contribution in [0.15, 0.2) is 54.7 Å². The average molecular weight is 544 g/mol. The van der Waals surface area contributed by atoms with Gasteiger partial charge in [-0.1, -0.05) is 41.6 Å². The summed E-state index contributed by atoms with van der Waals surface area (Å²) in [6, 6.07) is 12.7. The number of amides is 1. The quantitative estimate of drug-likeness (QED) is 0.430. The van der Waals surface area contributed by atoms with Gasteiger partial charge < -0.3 is 14.4 Å². The van der Waals surface area contributed by atoms with Crippen LogP contribution in [0.2, 0.25) is 0 Å². The Bertz CT molecular complexity index is 1360. The van der Waals surface area contributed by atoms with Crippen molar-refractivity contribution in [2.75, 3.05) is 25.5 Å². The van der Waals surface area contributed by atoms with Crippen molar-refractivity contribution in [3.05, 3.63) is 71.8 Å². The SMILES string of the molecule is CC1C(=O)N(Cc2cn(CCC3OCCO3)nn2)CCS(=O)(=O)N1Cc1ccc(-c2ccc(F)cc2)cc1. The van der Waals surface area contributed by atoms with Gasteiger partial charge in [-0.3, -0.25) is 9.48 Å². The van der Waals surface area contributed by atoms with Crippen molar-refractivity contribution in [2.24, 2.45) is 0 Å². The van der Waals surface area contributed by atoms with Crippen molar-refractivity contribution in [1.29, 1.82) is 0 Å². The first kappa shape index (κ1) is 26.4. The summed E-state index contributed by atoms with van der Waals surface area (Å²) in [4.78, 5) is 14.8. The van der Waals surface area contributed by atoms with Crippen molar-refractivity contribution in [3.63, 3.8) is 0 Å². The minimum absolute atomic E-state index is 0.0716. The number of rotatable bonds is 8. The van der Waals surface area contributed by atoms with Crippen LogP contribution < -0.4 is 0 Å². The van der Waals surface area contributed by atoms with Crippen LogP contribution in [0.3, 0.4) is 0 Å². The van der Waals surface area contributed by atoms with Crippen LogP contribution in [0.4, 0.5) is 4.39 Å². The van der Waals surface area contributed by atoms with Crippen LogP contribution in [0.1, 0.15) is 24.6 Å². The number of halogens is 1. The number of hydrogen-bond acceptors (Lipinski definition) is 7. The molecule has 1 unspecified atom stereocenters. The normalized spacial score (nSPS) is 20.6. The summed E-state index contributed by atoms with van der Waals surface area (Å²) in [5.74, 6) is -0.767. The van der Waals surface area contributed by atoms with Gasteiger partial charge in [0.1, 0.15) is 17.6 Å². The van der Waals surface area contributed by atoms with Crippen LogP contribution in [-0.2, 0) is 43.9 Å². The highest BCUT2D eigenvalue weighted by Gasteiger charge is 2.38. The Kier molecular flexibility index (Phi) is 7.84. The number of carbonyl (C=O) groups excluding carboxylic acids is 1. The van der Waals surface area contributed by atoms with Gasteiger partial charge in [0, 0.05) is 26.1 Å². The summed E-state index contributed by atoms with van der Waals surface area (Å²) in [6.45, 7) is 3.67. The first-order valence-corrected chi connectivity index (χ1v) is 14.1. The van der Waals surface area contributed by atoms with Crippen LogP contribution >= 0.6 is 0 Å². The van der Waals surface area contributed by atoms with E-state index in [0.717, 1.165) is 16.7 Å². The van der Waals surface area contributed by atoms with Gasteiger partial charge >= 0.3 is 0 Å². The fourth-order valence-corrected chi connectivity index (χ4v) is 6.23. The Labute approximate surface area is 221 Å². The molecule has 1 atom stereocenters. The lowest BCUT2D eigenvalue weighted by molar-refractivity contribution is -0.134. The van der Waals surface area contributed by atoms with Gasteiger partial charge in [0.25, 0.3) is 0 Å². The highest BCUT2D eigenvalue weighted by Crippen LogP contribution is 2.24. The maximum absolute atomic E-state index is 13.3. The first-order chi connectivity index (χ1) is 18.3. The molecule has 0 radical (unpaired) electrons. The van der Waals surface area contributed by atoms with E-state index in [1.54, 1.807) is 29.9 Å². The molecule has 0 aliphatic carbocycles. The minimum atomic E-state index is -3.69. The van der Waals surface area contributed by atoms with Crippen molar-refractivity contribution in [1.82, 2.24) is 24.2 Å². The molecule has 1 aromatic heterocycles. The molecular weight excluding hydrogens is 513 g/mol. The smallest absolute Gasteiger partial charge is 0.241 e. The van der Waals surface area contributed by atoms with Gasteiger partial charge in [-0.2, -0.15) is 4.31 Å². The van der Waals surface area contributed by atoms with E-state index < -0.39 is 16.1 Å². The summed E-state index contributed by atoms with van der Waals surface area (Å²) in [5.41, 5.74) is 3.09. The molecule has 3 aromatic rings. The van der Waals surface area contributed by atoms with Crippen LogP contribution in [0.5, 0.6) is 0 Å². The summed E-state index contributed by atoms with van der Waals surface area (Å²) in [5, 5.41) is 8.27. The molecule has 2 fully saturated rings. The van der Waals surface area contributed by atoms with Crippen LogP contribution in [-0.4, -0.2) is 76.4 Å². The second-order valence-corrected chi connectivity index (χ2v) is 11.5. The molecule has 2 saturated heterocycles. The maximum atomic E-state index is 13.3. The van der Waals surface area contributed by atoms with E-state index in [2.05, 4.69) is 10.3 Å². The molecule has 2 aromatic carbocycles. The molecule has 0 N–H and O–H groups in total. The van der Waals surface area contributed by atoms with Gasteiger partial charge in [-0.25, -0.2) is 12.8 Å². The Morgan fingerprint density at radius 3 is 2.34 bits per heavy atom.